The van der Waals surface area contributed by atoms with Gasteiger partial charge in [-0.05, 0) is 42.2 Å². The third-order valence-corrected chi connectivity index (χ3v) is 6.42. The van der Waals surface area contributed by atoms with Crippen molar-refractivity contribution in [1.82, 2.24) is 14.7 Å². The number of thiophene rings is 1. The zero-order chi connectivity index (χ0) is 17.1. The van der Waals surface area contributed by atoms with Crippen molar-refractivity contribution >= 4 is 23.1 Å². The van der Waals surface area contributed by atoms with Crippen LogP contribution >= 0.6 is 11.3 Å². The largest absolute Gasteiger partial charge is 0.310 e. The van der Waals surface area contributed by atoms with E-state index in [0.29, 0.717) is 12.5 Å². The van der Waals surface area contributed by atoms with Crippen LogP contribution in [-0.2, 0) is 24.3 Å². The van der Waals surface area contributed by atoms with Gasteiger partial charge in [-0.3, -0.25) is 9.69 Å². The number of anilines is 1. The van der Waals surface area contributed by atoms with Crippen LogP contribution in [0.25, 0.3) is 0 Å². The number of carbonyl (C=O) groups excluding carboxylic acids is 1. The van der Waals surface area contributed by atoms with Crippen molar-refractivity contribution in [3.8, 4) is 0 Å². The number of hydrogen-bond donors (Lipinski definition) is 1. The summed E-state index contributed by atoms with van der Waals surface area (Å²) in [6, 6.07) is 4.09. The van der Waals surface area contributed by atoms with Crippen molar-refractivity contribution < 1.29 is 4.79 Å². The topological polar surface area (TPSA) is 50.2 Å². The molecule has 6 heteroatoms. The molecule has 2 aliphatic rings. The van der Waals surface area contributed by atoms with E-state index in [-0.39, 0.29) is 5.91 Å². The molecule has 0 aromatic carbocycles. The molecule has 134 valence electrons. The van der Waals surface area contributed by atoms with Crippen LogP contribution in [0.15, 0.2) is 23.7 Å². The van der Waals surface area contributed by atoms with Crippen molar-refractivity contribution in [2.24, 2.45) is 5.92 Å². The Morgan fingerprint density at radius 2 is 2.16 bits per heavy atom. The lowest BCUT2D eigenvalue weighted by molar-refractivity contribution is -0.117. The molecule has 25 heavy (non-hydrogen) atoms. The molecule has 1 saturated carbocycles. The van der Waals surface area contributed by atoms with Crippen LogP contribution in [0.3, 0.4) is 0 Å². The fourth-order valence-electron chi connectivity index (χ4n) is 4.03. The lowest BCUT2D eigenvalue weighted by Crippen LogP contribution is -2.37. The Kier molecular flexibility index (Phi) is 5.17. The predicted octanol–water partition coefficient (Wildman–Crippen LogP) is 3.52. The van der Waals surface area contributed by atoms with Crippen LogP contribution in [0.2, 0.25) is 0 Å². The Bertz CT molecular complexity index is 717. The van der Waals surface area contributed by atoms with E-state index >= 15 is 0 Å². The molecule has 0 radical (unpaired) electrons. The lowest BCUT2D eigenvalue weighted by Gasteiger charge is -2.26. The molecule has 0 unspecified atom stereocenters. The van der Waals surface area contributed by atoms with Crippen LogP contribution in [0.5, 0.6) is 0 Å². The monoisotopic (exact) mass is 358 g/mol. The minimum Gasteiger partial charge on any atom is -0.310 e. The summed E-state index contributed by atoms with van der Waals surface area (Å²) in [6.07, 6.45) is 9.42. The molecule has 2 aromatic rings. The lowest BCUT2D eigenvalue weighted by atomic mass is 9.89. The molecule has 1 aliphatic carbocycles. The van der Waals surface area contributed by atoms with Crippen molar-refractivity contribution in [1.29, 1.82) is 0 Å². The van der Waals surface area contributed by atoms with E-state index in [2.05, 4.69) is 26.8 Å². The Morgan fingerprint density at radius 3 is 3.04 bits per heavy atom. The summed E-state index contributed by atoms with van der Waals surface area (Å²) in [7, 11) is 0. The number of nitrogens with one attached hydrogen (secondary N) is 1. The number of rotatable bonds is 5. The summed E-state index contributed by atoms with van der Waals surface area (Å²) in [6.45, 7) is 3.21. The summed E-state index contributed by atoms with van der Waals surface area (Å²) in [5.41, 5.74) is 1.38. The molecule has 1 fully saturated rings. The van der Waals surface area contributed by atoms with Gasteiger partial charge in [0.25, 0.3) is 0 Å². The smallest absolute Gasteiger partial charge is 0.239 e. The molecule has 2 aromatic heterocycles. The zero-order valence-electron chi connectivity index (χ0n) is 14.6. The molecule has 5 nitrogen and oxygen atoms in total. The number of carbonyl (C=O) groups is 1. The highest BCUT2D eigenvalue weighted by Crippen LogP contribution is 2.26. The molecule has 1 N–H and O–H groups in total. The molecule has 4 rings (SSSR count). The standard InChI is InChI=1S/C19H26N4OS/c24-19(14-22-10-7-17-16(13-22)8-11-25-17)21-18-6-9-20-23(18)12-15-4-2-1-3-5-15/h6,8-9,11,15H,1-5,7,10,12-14H2,(H,21,24). The molecular weight excluding hydrogens is 332 g/mol. The molecular formula is C19H26N4OS. The predicted molar refractivity (Wildman–Crippen MR) is 101 cm³/mol. The molecule has 1 amide bonds. The van der Waals surface area contributed by atoms with Gasteiger partial charge in [0.2, 0.25) is 5.91 Å². The summed E-state index contributed by atoms with van der Waals surface area (Å²) in [5.74, 6) is 1.59. The Hall–Kier alpha value is -1.66. The molecule has 0 atom stereocenters. The van der Waals surface area contributed by atoms with Gasteiger partial charge in [0, 0.05) is 30.6 Å². The van der Waals surface area contributed by atoms with Crippen LogP contribution in [0.1, 0.15) is 42.5 Å². The highest BCUT2D eigenvalue weighted by Gasteiger charge is 2.20. The molecule has 1 aliphatic heterocycles. The van der Waals surface area contributed by atoms with Gasteiger partial charge in [0.15, 0.2) is 0 Å². The van der Waals surface area contributed by atoms with Crippen LogP contribution in [-0.4, -0.2) is 33.7 Å². The van der Waals surface area contributed by atoms with Crippen LogP contribution in [0.4, 0.5) is 5.82 Å². The van der Waals surface area contributed by atoms with Crippen molar-refractivity contribution in [3.05, 3.63) is 34.2 Å². The third kappa shape index (κ3) is 4.12. The van der Waals surface area contributed by atoms with Crippen molar-refractivity contribution in [2.75, 3.05) is 18.4 Å². The average Bonchev–Trinajstić information content (AvgIpc) is 3.25. The van der Waals surface area contributed by atoms with Gasteiger partial charge in [0.1, 0.15) is 5.82 Å². The molecule has 0 spiro atoms. The van der Waals surface area contributed by atoms with Crippen LogP contribution in [0, 0.1) is 5.92 Å². The third-order valence-electron chi connectivity index (χ3n) is 5.39. The first-order chi connectivity index (χ1) is 12.3. The summed E-state index contributed by atoms with van der Waals surface area (Å²) < 4.78 is 1.97. The summed E-state index contributed by atoms with van der Waals surface area (Å²) in [5, 5.41) is 9.64. The summed E-state index contributed by atoms with van der Waals surface area (Å²) >= 11 is 1.83. The highest BCUT2D eigenvalue weighted by molar-refractivity contribution is 7.10. The van der Waals surface area contributed by atoms with Gasteiger partial charge >= 0.3 is 0 Å². The molecule has 0 saturated heterocycles. The number of hydrogen-bond acceptors (Lipinski definition) is 4. The van der Waals surface area contributed by atoms with Gasteiger partial charge in [0.05, 0.1) is 12.7 Å². The molecule has 0 bridgehead atoms. The van der Waals surface area contributed by atoms with Crippen molar-refractivity contribution in [2.45, 2.75) is 51.6 Å². The first kappa shape index (κ1) is 16.8. The highest BCUT2D eigenvalue weighted by atomic mass is 32.1. The maximum Gasteiger partial charge on any atom is 0.239 e. The fourth-order valence-corrected chi connectivity index (χ4v) is 4.92. The summed E-state index contributed by atoms with van der Waals surface area (Å²) in [4.78, 5) is 16.2. The number of nitrogens with zero attached hydrogens (tertiary/aromatic N) is 3. The van der Waals surface area contributed by atoms with E-state index in [9.17, 15) is 4.79 Å². The second kappa shape index (κ2) is 7.70. The normalized spacial score (nSPS) is 18.9. The van der Waals surface area contributed by atoms with E-state index < -0.39 is 0 Å². The van der Waals surface area contributed by atoms with Gasteiger partial charge in [-0.1, -0.05) is 19.3 Å². The van der Waals surface area contributed by atoms with Crippen molar-refractivity contribution in [3.63, 3.8) is 0 Å². The average molecular weight is 359 g/mol. The van der Waals surface area contributed by atoms with Gasteiger partial charge < -0.3 is 5.32 Å². The van der Waals surface area contributed by atoms with Gasteiger partial charge in [-0.15, -0.1) is 11.3 Å². The van der Waals surface area contributed by atoms with Gasteiger partial charge in [-0.25, -0.2) is 4.68 Å². The maximum absolute atomic E-state index is 12.5. The van der Waals surface area contributed by atoms with E-state index in [1.54, 1.807) is 6.20 Å². The second-order valence-corrected chi connectivity index (χ2v) is 8.28. The Labute approximate surface area is 153 Å². The van der Waals surface area contributed by atoms with E-state index in [0.717, 1.165) is 31.9 Å². The van der Waals surface area contributed by atoms with E-state index in [1.165, 1.54) is 42.5 Å². The zero-order valence-corrected chi connectivity index (χ0v) is 15.4. The maximum atomic E-state index is 12.5. The number of aromatic nitrogens is 2. The first-order valence-electron chi connectivity index (χ1n) is 9.37. The second-order valence-electron chi connectivity index (χ2n) is 7.28. The SMILES string of the molecule is O=C(CN1CCc2sccc2C1)Nc1ccnn1CC1CCCCC1. The number of fused-ring (bicyclic) bond motifs is 1. The fraction of sp³-hybridized carbons (Fsp3) is 0.579. The van der Waals surface area contributed by atoms with E-state index in [4.69, 9.17) is 0 Å². The Morgan fingerprint density at radius 1 is 1.28 bits per heavy atom. The quantitative estimate of drug-likeness (QED) is 0.890. The minimum absolute atomic E-state index is 0.0593. The molecule has 3 heterocycles. The Balaban J connectivity index is 1.31. The number of amides is 1. The minimum atomic E-state index is 0.0593. The van der Waals surface area contributed by atoms with Crippen LogP contribution < -0.4 is 5.32 Å². The van der Waals surface area contributed by atoms with Gasteiger partial charge in [-0.2, -0.15) is 5.10 Å². The first-order valence-corrected chi connectivity index (χ1v) is 10.2. The van der Waals surface area contributed by atoms with E-state index in [1.807, 2.05) is 22.1 Å².